The molecule has 0 radical (unpaired) electrons. The van der Waals surface area contributed by atoms with Crippen molar-refractivity contribution < 1.29 is 9.47 Å². The number of hydrogen-bond donors (Lipinski definition) is 2. The van der Waals surface area contributed by atoms with Crippen LogP contribution in [-0.4, -0.2) is 31.5 Å². The SMILES string of the molecule is COc1ccc(CNC(=S)NCCCOC2CCCCC2)cc1. The van der Waals surface area contributed by atoms with E-state index in [2.05, 4.69) is 10.6 Å². The fourth-order valence-corrected chi connectivity index (χ4v) is 2.92. The fourth-order valence-electron chi connectivity index (χ4n) is 2.74. The summed E-state index contributed by atoms with van der Waals surface area (Å²) in [5.41, 5.74) is 1.18. The summed E-state index contributed by atoms with van der Waals surface area (Å²) < 4.78 is 11.0. The summed E-state index contributed by atoms with van der Waals surface area (Å²) in [6, 6.07) is 7.98. The lowest BCUT2D eigenvalue weighted by Crippen LogP contribution is -2.35. The Labute approximate surface area is 144 Å². The maximum atomic E-state index is 5.90. The normalized spacial score (nSPS) is 15.2. The van der Waals surface area contributed by atoms with Gasteiger partial charge in [-0.1, -0.05) is 31.4 Å². The molecule has 0 aliphatic heterocycles. The van der Waals surface area contributed by atoms with E-state index in [0.29, 0.717) is 17.8 Å². The second kappa shape index (κ2) is 10.4. The number of nitrogens with one attached hydrogen (secondary N) is 2. The van der Waals surface area contributed by atoms with E-state index in [9.17, 15) is 0 Å². The molecule has 0 amide bonds. The van der Waals surface area contributed by atoms with E-state index in [1.165, 1.54) is 37.7 Å². The first-order chi connectivity index (χ1) is 11.3. The summed E-state index contributed by atoms with van der Waals surface area (Å²) in [6.45, 7) is 2.38. The number of thiocarbonyl (C=S) groups is 1. The van der Waals surface area contributed by atoms with Gasteiger partial charge in [0.1, 0.15) is 5.75 Å². The summed E-state index contributed by atoms with van der Waals surface area (Å²) in [5, 5.41) is 7.14. The van der Waals surface area contributed by atoms with E-state index in [0.717, 1.165) is 25.3 Å². The molecule has 0 saturated heterocycles. The van der Waals surface area contributed by atoms with Gasteiger partial charge >= 0.3 is 0 Å². The molecule has 1 saturated carbocycles. The molecule has 128 valence electrons. The molecule has 0 unspecified atom stereocenters. The van der Waals surface area contributed by atoms with E-state index in [1.54, 1.807) is 7.11 Å². The van der Waals surface area contributed by atoms with Gasteiger partial charge in [0.15, 0.2) is 5.11 Å². The molecule has 1 aliphatic rings. The smallest absolute Gasteiger partial charge is 0.166 e. The van der Waals surface area contributed by atoms with Crippen LogP contribution in [0.15, 0.2) is 24.3 Å². The average molecular weight is 337 g/mol. The van der Waals surface area contributed by atoms with Gasteiger partial charge in [-0.25, -0.2) is 0 Å². The first-order valence-corrected chi connectivity index (χ1v) is 8.95. The van der Waals surface area contributed by atoms with Crippen LogP contribution < -0.4 is 15.4 Å². The van der Waals surface area contributed by atoms with E-state index >= 15 is 0 Å². The van der Waals surface area contributed by atoms with Crippen molar-refractivity contribution in [3.05, 3.63) is 29.8 Å². The second-order valence-electron chi connectivity index (χ2n) is 5.94. The molecule has 1 aromatic rings. The van der Waals surface area contributed by atoms with Crippen molar-refractivity contribution in [2.45, 2.75) is 51.2 Å². The van der Waals surface area contributed by atoms with Crippen molar-refractivity contribution in [3.63, 3.8) is 0 Å². The molecule has 0 aromatic heterocycles. The van der Waals surface area contributed by atoms with E-state index in [4.69, 9.17) is 21.7 Å². The maximum Gasteiger partial charge on any atom is 0.166 e. The van der Waals surface area contributed by atoms with Crippen LogP contribution in [0.3, 0.4) is 0 Å². The van der Waals surface area contributed by atoms with Gasteiger partial charge in [-0.05, 0) is 49.2 Å². The molecule has 1 fully saturated rings. The van der Waals surface area contributed by atoms with E-state index < -0.39 is 0 Å². The Kier molecular flexibility index (Phi) is 8.18. The minimum Gasteiger partial charge on any atom is -0.497 e. The van der Waals surface area contributed by atoms with Crippen LogP contribution in [0.4, 0.5) is 0 Å². The molecule has 4 nitrogen and oxygen atoms in total. The predicted molar refractivity (Wildman–Crippen MR) is 97.9 cm³/mol. The highest BCUT2D eigenvalue weighted by Crippen LogP contribution is 2.20. The van der Waals surface area contributed by atoms with Crippen molar-refractivity contribution in [2.24, 2.45) is 0 Å². The number of benzene rings is 1. The molecule has 2 N–H and O–H groups in total. The van der Waals surface area contributed by atoms with Crippen molar-refractivity contribution in [1.29, 1.82) is 0 Å². The third kappa shape index (κ3) is 7.18. The van der Waals surface area contributed by atoms with Crippen LogP contribution in [0.2, 0.25) is 0 Å². The molecule has 0 bridgehead atoms. The Morgan fingerprint density at radius 3 is 2.57 bits per heavy atom. The van der Waals surface area contributed by atoms with Crippen LogP contribution in [-0.2, 0) is 11.3 Å². The highest BCUT2D eigenvalue weighted by atomic mass is 32.1. The molecule has 0 atom stereocenters. The topological polar surface area (TPSA) is 42.5 Å². The number of rotatable bonds is 8. The van der Waals surface area contributed by atoms with Gasteiger partial charge in [0, 0.05) is 19.7 Å². The molecular weight excluding hydrogens is 308 g/mol. The predicted octanol–water partition coefficient (Wildman–Crippen LogP) is 3.40. The summed E-state index contributed by atoms with van der Waals surface area (Å²) in [5.74, 6) is 0.868. The summed E-state index contributed by atoms with van der Waals surface area (Å²) in [4.78, 5) is 0. The zero-order valence-electron chi connectivity index (χ0n) is 14.0. The minimum absolute atomic E-state index is 0.490. The zero-order valence-corrected chi connectivity index (χ0v) is 14.8. The van der Waals surface area contributed by atoms with Crippen molar-refractivity contribution in [1.82, 2.24) is 10.6 Å². The number of ether oxygens (including phenoxy) is 2. The molecule has 0 heterocycles. The van der Waals surface area contributed by atoms with Gasteiger partial charge in [-0.2, -0.15) is 0 Å². The van der Waals surface area contributed by atoms with Gasteiger partial charge in [0.25, 0.3) is 0 Å². The fraction of sp³-hybridized carbons (Fsp3) is 0.611. The monoisotopic (exact) mass is 336 g/mol. The number of hydrogen-bond acceptors (Lipinski definition) is 3. The third-order valence-electron chi connectivity index (χ3n) is 4.12. The highest BCUT2D eigenvalue weighted by molar-refractivity contribution is 7.80. The lowest BCUT2D eigenvalue weighted by molar-refractivity contribution is 0.0277. The third-order valence-corrected chi connectivity index (χ3v) is 4.41. The van der Waals surface area contributed by atoms with Crippen LogP contribution in [0.1, 0.15) is 44.1 Å². The molecule has 1 aliphatic carbocycles. The molecule has 23 heavy (non-hydrogen) atoms. The molecule has 2 rings (SSSR count). The lowest BCUT2D eigenvalue weighted by Gasteiger charge is -2.22. The summed E-state index contributed by atoms with van der Waals surface area (Å²) >= 11 is 5.29. The van der Waals surface area contributed by atoms with Crippen LogP contribution >= 0.6 is 12.2 Å². The molecule has 5 heteroatoms. The molecule has 1 aromatic carbocycles. The highest BCUT2D eigenvalue weighted by Gasteiger charge is 2.12. The van der Waals surface area contributed by atoms with Gasteiger partial charge in [0.05, 0.1) is 13.2 Å². The summed E-state index contributed by atoms with van der Waals surface area (Å²) in [7, 11) is 1.67. The van der Waals surface area contributed by atoms with Crippen LogP contribution in [0, 0.1) is 0 Å². The van der Waals surface area contributed by atoms with Gasteiger partial charge in [0.2, 0.25) is 0 Å². The first kappa shape index (κ1) is 18.0. The lowest BCUT2D eigenvalue weighted by atomic mass is 9.98. The van der Waals surface area contributed by atoms with Gasteiger partial charge < -0.3 is 20.1 Å². The average Bonchev–Trinajstić information content (AvgIpc) is 2.61. The Morgan fingerprint density at radius 2 is 1.87 bits per heavy atom. The van der Waals surface area contributed by atoms with E-state index in [-0.39, 0.29) is 0 Å². The first-order valence-electron chi connectivity index (χ1n) is 8.54. The minimum atomic E-state index is 0.490. The maximum absolute atomic E-state index is 5.90. The van der Waals surface area contributed by atoms with E-state index in [1.807, 2.05) is 24.3 Å². The van der Waals surface area contributed by atoms with Gasteiger partial charge in [-0.3, -0.25) is 0 Å². The summed E-state index contributed by atoms with van der Waals surface area (Å²) in [6.07, 6.45) is 7.95. The Bertz CT molecular complexity index is 459. The van der Waals surface area contributed by atoms with Crippen molar-refractivity contribution in [3.8, 4) is 5.75 Å². The van der Waals surface area contributed by atoms with Crippen LogP contribution in [0.5, 0.6) is 5.75 Å². The Balaban J connectivity index is 1.50. The van der Waals surface area contributed by atoms with Gasteiger partial charge in [-0.15, -0.1) is 0 Å². The Hall–Kier alpha value is -1.33. The molecule has 0 spiro atoms. The van der Waals surface area contributed by atoms with Crippen molar-refractivity contribution >= 4 is 17.3 Å². The zero-order chi connectivity index (χ0) is 16.3. The largest absolute Gasteiger partial charge is 0.497 e. The second-order valence-corrected chi connectivity index (χ2v) is 6.35. The Morgan fingerprint density at radius 1 is 1.13 bits per heavy atom. The molecular formula is C18H28N2O2S. The standard InChI is InChI=1S/C18H28N2O2S/c1-21-16-10-8-15(9-11-16)14-20-18(23)19-12-5-13-22-17-6-3-2-4-7-17/h8-11,17H,2-7,12-14H2,1H3,(H2,19,20,23). The van der Waals surface area contributed by atoms with Crippen molar-refractivity contribution in [2.75, 3.05) is 20.3 Å². The van der Waals surface area contributed by atoms with Crippen LogP contribution in [0.25, 0.3) is 0 Å². The number of methoxy groups -OCH3 is 1. The quantitative estimate of drug-likeness (QED) is 0.563.